The highest BCUT2D eigenvalue weighted by atomic mass is 35.5. The van der Waals surface area contributed by atoms with Crippen molar-refractivity contribution in [1.82, 2.24) is 10.6 Å². The molecule has 3 atom stereocenters. The van der Waals surface area contributed by atoms with E-state index >= 15 is 0 Å². The average molecular weight is 449 g/mol. The SMILES string of the molecule is C=CC1CCC(Cc2ccc(Cl)cc2)(OC(C)=O)C(NC(C)=O)(C(=O)NC(C)(C)C)C1. The lowest BCUT2D eigenvalue weighted by atomic mass is 9.62. The molecule has 0 bridgehead atoms. The molecule has 2 amide bonds. The third-order valence-electron chi connectivity index (χ3n) is 5.61. The van der Waals surface area contributed by atoms with E-state index in [1.807, 2.05) is 32.9 Å². The quantitative estimate of drug-likeness (QED) is 0.509. The molecule has 2 rings (SSSR count). The van der Waals surface area contributed by atoms with Crippen molar-refractivity contribution in [2.75, 3.05) is 0 Å². The van der Waals surface area contributed by atoms with Gasteiger partial charge in [-0.2, -0.15) is 0 Å². The van der Waals surface area contributed by atoms with Gasteiger partial charge in [0.15, 0.2) is 5.54 Å². The van der Waals surface area contributed by atoms with E-state index in [0.717, 1.165) is 5.56 Å². The highest BCUT2D eigenvalue weighted by Gasteiger charge is 2.62. The second-order valence-corrected chi connectivity index (χ2v) is 9.86. The molecular weight excluding hydrogens is 416 g/mol. The van der Waals surface area contributed by atoms with Gasteiger partial charge in [-0.25, -0.2) is 0 Å². The van der Waals surface area contributed by atoms with Gasteiger partial charge in [0.1, 0.15) is 5.60 Å². The van der Waals surface area contributed by atoms with Crippen LogP contribution in [0.3, 0.4) is 0 Å². The zero-order valence-corrected chi connectivity index (χ0v) is 19.8. The molecule has 0 aliphatic heterocycles. The van der Waals surface area contributed by atoms with E-state index in [-0.39, 0.29) is 30.6 Å². The molecule has 1 saturated carbocycles. The summed E-state index contributed by atoms with van der Waals surface area (Å²) in [6.07, 6.45) is 3.39. The van der Waals surface area contributed by atoms with Gasteiger partial charge in [-0.15, -0.1) is 6.58 Å². The summed E-state index contributed by atoms with van der Waals surface area (Å²) >= 11 is 6.04. The maximum atomic E-state index is 13.8. The molecule has 0 heterocycles. The average Bonchev–Trinajstić information content (AvgIpc) is 2.63. The van der Waals surface area contributed by atoms with Crippen LogP contribution < -0.4 is 10.6 Å². The molecule has 0 radical (unpaired) electrons. The smallest absolute Gasteiger partial charge is 0.303 e. The molecule has 1 aromatic rings. The zero-order valence-electron chi connectivity index (χ0n) is 19.0. The summed E-state index contributed by atoms with van der Waals surface area (Å²) in [5, 5.41) is 6.49. The van der Waals surface area contributed by atoms with Crippen LogP contribution in [-0.4, -0.2) is 34.5 Å². The lowest BCUT2D eigenvalue weighted by Crippen LogP contribution is -2.76. The summed E-state index contributed by atoms with van der Waals surface area (Å²) < 4.78 is 5.98. The molecule has 0 aromatic heterocycles. The van der Waals surface area contributed by atoms with Crippen LogP contribution in [0.2, 0.25) is 5.02 Å². The third kappa shape index (κ3) is 5.88. The molecule has 170 valence electrons. The molecule has 31 heavy (non-hydrogen) atoms. The van der Waals surface area contributed by atoms with E-state index in [2.05, 4.69) is 17.2 Å². The summed E-state index contributed by atoms with van der Waals surface area (Å²) in [5.74, 6) is -1.28. The van der Waals surface area contributed by atoms with E-state index < -0.39 is 22.6 Å². The number of halogens is 1. The number of rotatable bonds is 6. The second-order valence-electron chi connectivity index (χ2n) is 9.42. The van der Waals surface area contributed by atoms with Gasteiger partial charge in [-0.1, -0.05) is 29.8 Å². The van der Waals surface area contributed by atoms with Gasteiger partial charge in [-0.3, -0.25) is 14.4 Å². The summed E-state index contributed by atoms with van der Waals surface area (Å²) in [7, 11) is 0. The largest absolute Gasteiger partial charge is 0.456 e. The third-order valence-corrected chi connectivity index (χ3v) is 5.86. The van der Waals surface area contributed by atoms with Crippen molar-refractivity contribution in [3.8, 4) is 0 Å². The first-order valence-corrected chi connectivity index (χ1v) is 10.9. The van der Waals surface area contributed by atoms with Gasteiger partial charge in [0.25, 0.3) is 0 Å². The molecule has 6 nitrogen and oxygen atoms in total. The molecule has 0 spiro atoms. The van der Waals surface area contributed by atoms with Gasteiger partial charge < -0.3 is 15.4 Å². The summed E-state index contributed by atoms with van der Waals surface area (Å²) in [5.41, 5.74) is -2.44. The predicted octanol–water partition coefficient (Wildman–Crippen LogP) is 3.96. The van der Waals surface area contributed by atoms with Gasteiger partial charge >= 0.3 is 5.97 Å². The Morgan fingerprint density at radius 1 is 1.23 bits per heavy atom. The fourth-order valence-corrected chi connectivity index (χ4v) is 4.53. The minimum absolute atomic E-state index is 0.0218. The van der Waals surface area contributed by atoms with E-state index in [1.54, 1.807) is 18.2 Å². The van der Waals surface area contributed by atoms with Crippen molar-refractivity contribution in [2.24, 2.45) is 5.92 Å². The molecule has 1 aromatic carbocycles. The number of allylic oxidation sites excluding steroid dienone is 1. The van der Waals surface area contributed by atoms with Crippen LogP contribution in [0.25, 0.3) is 0 Å². The lowest BCUT2D eigenvalue weighted by Gasteiger charge is -2.53. The highest BCUT2D eigenvalue weighted by Crippen LogP contribution is 2.46. The lowest BCUT2D eigenvalue weighted by molar-refractivity contribution is -0.182. The van der Waals surface area contributed by atoms with E-state index in [9.17, 15) is 14.4 Å². The Hall–Kier alpha value is -2.34. The van der Waals surface area contributed by atoms with Crippen molar-refractivity contribution in [2.45, 2.75) is 77.0 Å². The van der Waals surface area contributed by atoms with Crippen molar-refractivity contribution in [1.29, 1.82) is 0 Å². The number of hydrogen-bond acceptors (Lipinski definition) is 4. The van der Waals surface area contributed by atoms with Crippen LogP contribution in [0.5, 0.6) is 0 Å². The molecule has 1 fully saturated rings. The van der Waals surface area contributed by atoms with Crippen molar-refractivity contribution in [3.63, 3.8) is 0 Å². The molecule has 2 N–H and O–H groups in total. The number of carbonyl (C=O) groups excluding carboxylic acids is 3. The standard InChI is InChI=1S/C24H33ClN2O4/c1-7-18-12-13-23(31-17(3)29,14-19-8-10-20(25)11-9-19)24(15-18,26-16(2)28)21(30)27-22(4,5)6/h7-11,18H,1,12-15H2,2-6H3,(H,26,28)(H,27,30). The van der Waals surface area contributed by atoms with Crippen molar-refractivity contribution < 1.29 is 19.1 Å². The fraction of sp³-hybridized carbons (Fsp3) is 0.542. The maximum Gasteiger partial charge on any atom is 0.303 e. The minimum Gasteiger partial charge on any atom is -0.456 e. The second kappa shape index (κ2) is 9.43. The summed E-state index contributed by atoms with van der Waals surface area (Å²) in [4.78, 5) is 38.5. The number of ether oxygens (including phenoxy) is 1. The number of amides is 2. The first kappa shape index (κ1) is 24.9. The van der Waals surface area contributed by atoms with Crippen LogP contribution in [0.15, 0.2) is 36.9 Å². The Labute approximate surface area is 189 Å². The van der Waals surface area contributed by atoms with Gasteiger partial charge in [-0.05, 0) is 63.6 Å². The van der Waals surface area contributed by atoms with Crippen LogP contribution >= 0.6 is 11.6 Å². The summed E-state index contributed by atoms with van der Waals surface area (Å²) in [6, 6.07) is 7.19. The minimum atomic E-state index is -1.46. The fourth-order valence-electron chi connectivity index (χ4n) is 4.40. The Bertz CT molecular complexity index is 846. The first-order valence-electron chi connectivity index (χ1n) is 10.5. The number of hydrogen-bond donors (Lipinski definition) is 2. The van der Waals surface area contributed by atoms with Gasteiger partial charge in [0, 0.05) is 30.8 Å². The van der Waals surface area contributed by atoms with E-state index in [4.69, 9.17) is 16.3 Å². The van der Waals surface area contributed by atoms with Crippen LogP contribution in [0, 0.1) is 5.92 Å². The molecular formula is C24H33ClN2O4. The Kier molecular flexibility index (Phi) is 7.58. The zero-order chi connectivity index (χ0) is 23.4. The molecule has 1 aliphatic carbocycles. The predicted molar refractivity (Wildman–Crippen MR) is 122 cm³/mol. The van der Waals surface area contributed by atoms with Crippen molar-refractivity contribution in [3.05, 3.63) is 47.5 Å². The van der Waals surface area contributed by atoms with Gasteiger partial charge in [0.05, 0.1) is 0 Å². The molecule has 0 saturated heterocycles. The number of carbonyl (C=O) groups is 3. The first-order chi connectivity index (χ1) is 14.3. The highest BCUT2D eigenvalue weighted by molar-refractivity contribution is 6.30. The van der Waals surface area contributed by atoms with Crippen LogP contribution in [-0.2, 0) is 25.5 Å². The topological polar surface area (TPSA) is 84.5 Å². The molecule has 7 heteroatoms. The van der Waals surface area contributed by atoms with E-state index in [0.29, 0.717) is 17.9 Å². The van der Waals surface area contributed by atoms with Gasteiger partial charge in [0.2, 0.25) is 11.8 Å². The maximum absolute atomic E-state index is 13.8. The monoisotopic (exact) mass is 448 g/mol. The number of benzene rings is 1. The number of nitrogens with one attached hydrogen (secondary N) is 2. The molecule has 3 unspecified atom stereocenters. The Morgan fingerprint density at radius 2 is 1.84 bits per heavy atom. The summed E-state index contributed by atoms with van der Waals surface area (Å²) in [6.45, 7) is 12.2. The number of esters is 1. The Morgan fingerprint density at radius 3 is 2.32 bits per heavy atom. The molecule has 1 aliphatic rings. The Balaban J connectivity index is 2.70. The van der Waals surface area contributed by atoms with E-state index in [1.165, 1.54) is 13.8 Å². The van der Waals surface area contributed by atoms with Crippen LogP contribution in [0.4, 0.5) is 0 Å². The normalized spacial score (nSPS) is 25.9. The van der Waals surface area contributed by atoms with Crippen LogP contribution in [0.1, 0.15) is 59.4 Å². The van der Waals surface area contributed by atoms with Crippen molar-refractivity contribution >= 4 is 29.4 Å².